The Kier molecular flexibility index (Phi) is 26.2. The Hall–Kier alpha value is -9.41. The molecule has 0 spiro atoms. The van der Waals surface area contributed by atoms with Gasteiger partial charge in [-0.1, -0.05) is 78.3 Å². The summed E-state index contributed by atoms with van der Waals surface area (Å²) < 4.78 is 25.8. The van der Waals surface area contributed by atoms with Crippen molar-refractivity contribution in [3.05, 3.63) is 118 Å². The Bertz CT molecular complexity index is 4370. The Morgan fingerprint density at radius 2 is 1.58 bits per heavy atom. The second-order valence-electron chi connectivity index (χ2n) is 29.8. The second-order valence-corrected chi connectivity index (χ2v) is 30.8. The monoisotopic (exact) mass is 1480 g/mol. The first-order valence-corrected chi connectivity index (χ1v) is 37.2. The molecule has 1 fully saturated rings. The molecular formula is C79H102N9O17S+. The average Bonchev–Trinajstić information content (AvgIpc) is 1.47. The number of carbonyl (C=O) groups excluding carboxylic acids is 9. The van der Waals surface area contributed by atoms with Crippen LogP contribution in [0.15, 0.2) is 95.6 Å². The van der Waals surface area contributed by atoms with Crippen LogP contribution in [0.5, 0.6) is 11.5 Å². The fourth-order valence-corrected chi connectivity index (χ4v) is 16.0. The van der Waals surface area contributed by atoms with Gasteiger partial charge >= 0.3 is 17.8 Å². The maximum Gasteiger partial charge on any atom is 0.312 e. The van der Waals surface area contributed by atoms with Crippen LogP contribution in [0.4, 0.5) is 21.9 Å². The number of carbonyl (C=O) groups is 9. The van der Waals surface area contributed by atoms with Gasteiger partial charge in [0.2, 0.25) is 11.8 Å². The number of rotatable bonds is 23. The van der Waals surface area contributed by atoms with E-state index in [0.29, 0.717) is 65.7 Å². The van der Waals surface area contributed by atoms with Crippen LogP contribution in [0.3, 0.4) is 0 Å². The summed E-state index contributed by atoms with van der Waals surface area (Å²) in [5, 5.41) is 46.9. The van der Waals surface area contributed by atoms with Crippen LogP contribution in [-0.4, -0.2) is 172 Å². The predicted molar refractivity (Wildman–Crippen MR) is 405 cm³/mol. The molecule has 4 aliphatic rings. The van der Waals surface area contributed by atoms with Crippen molar-refractivity contribution in [1.82, 2.24) is 20.5 Å². The van der Waals surface area contributed by atoms with Crippen molar-refractivity contribution in [3.8, 4) is 11.5 Å². The van der Waals surface area contributed by atoms with E-state index in [0.717, 1.165) is 29.0 Å². The molecule has 0 unspecified atom stereocenters. The number of quaternary nitrogens is 1. The molecule has 5 heterocycles. The molecule has 4 aliphatic heterocycles. The standard InChI is InChI=1S/C79H101N9O17S/c1-42(2)65(84-59(91)22-15-14-16-35-87-60(92)29-30-61(87)93)56(90)39-51(21-18-34-81-78(80)101)77(100)82-52-25-23-50(24-26-52)41-88(11,12)54-31-36-86(37-32-54)53-27-28-55-58(40-53)106-74-66(83-55)62-63-70(96)48(8)73-64(62)75(98)79(10,105-73)103-38-33-57(102-13)45(5)72(104-49(9)89)47(7)69(95)46(6)68(94)43(3)19-17-20-44(4)76(99)85-67(74)71(63)97/h17,19-20,23-30,33,38,40,42-43,45-47,51,54,57,65,68-69,72,94-95H,14-16,18,21-22,31-32,34-37,39,41H2,1-13H3,(H6-,80,81,82,83,84,85,91,96,97,98,99,100,101)/p+1/b19-17+,38-33+,44-20-/t43-,45+,46+,47+,51+,57-,65-,68-,69+,72+,79-/m0/s1. The Balaban J connectivity index is 0.921. The Morgan fingerprint density at radius 3 is 2.23 bits per heavy atom. The van der Waals surface area contributed by atoms with Crippen LogP contribution in [0, 0.1) is 42.4 Å². The van der Waals surface area contributed by atoms with Crippen molar-refractivity contribution < 1.29 is 81.9 Å². The minimum Gasteiger partial charge on any atom is -0.505 e. The van der Waals surface area contributed by atoms with Crippen molar-refractivity contribution >= 4 is 113 Å². The molecule has 5 aromatic rings. The summed E-state index contributed by atoms with van der Waals surface area (Å²) in [6.45, 7) is 18.8. The maximum absolute atomic E-state index is 15.1. The summed E-state index contributed by atoms with van der Waals surface area (Å²) in [7, 11) is 5.83. The number of aliphatic hydroxyl groups is 2. The largest absolute Gasteiger partial charge is 0.505 e. The number of piperidine rings is 1. The lowest BCUT2D eigenvalue weighted by molar-refractivity contribution is -0.928. The molecule has 1 saturated heterocycles. The molecule has 0 aliphatic carbocycles. The van der Waals surface area contributed by atoms with Gasteiger partial charge in [0.15, 0.2) is 17.0 Å². The number of hydrogen-bond donors (Lipinski definition) is 8. The van der Waals surface area contributed by atoms with Gasteiger partial charge in [-0.3, -0.25) is 48.1 Å². The fraction of sp³-hybridized carbons (Fsp3) is 0.506. The van der Waals surface area contributed by atoms with Gasteiger partial charge in [0.1, 0.15) is 24.1 Å². The quantitative estimate of drug-likeness (QED) is 0.00574. The highest BCUT2D eigenvalue weighted by Gasteiger charge is 2.50. The van der Waals surface area contributed by atoms with E-state index in [2.05, 4.69) is 40.3 Å². The molecule has 1 aromatic heterocycles. The number of amides is 7. The van der Waals surface area contributed by atoms with Gasteiger partial charge in [0.05, 0.1) is 82.1 Å². The first kappa shape index (κ1) is 80.7. The van der Waals surface area contributed by atoms with Crippen LogP contribution in [0.1, 0.15) is 142 Å². The number of methoxy groups -OCH3 is 1. The summed E-state index contributed by atoms with van der Waals surface area (Å²) >= 11 is 1.21. The van der Waals surface area contributed by atoms with Crippen molar-refractivity contribution in [1.29, 1.82) is 0 Å². The highest BCUT2D eigenvalue weighted by Crippen LogP contribution is 2.50. The number of Topliss-reactive ketones (excluding diaryl/α,β-unsaturated/α-hetero) is 2. The molecule has 4 bridgehead atoms. The number of nitrogens with one attached hydrogen (secondary N) is 4. The molecular weight excluding hydrogens is 1380 g/mol. The van der Waals surface area contributed by atoms with Crippen molar-refractivity contribution in [2.75, 3.05) is 62.9 Å². The summed E-state index contributed by atoms with van der Waals surface area (Å²) in [6, 6.07) is 12.1. The summed E-state index contributed by atoms with van der Waals surface area (Å²) in [5.41, 5.74) is 7.77. The number of imide groups is 1. The van der Waals surface area contributed by atoms with Gasteiger partial charge in [-0.25, -0.2) is 9.78 Å². The van der Waals surface area contributed by atoms with E-state index in [1.54, 1.807) is 46.8 Å². The number of fused-ring (bicyclic) bond motifs is 2. The average molecular weight is 1480 g/mol. The number of allylic oxidation sites excluding steroid dienone is 2. The number of esters is 1. The number of ketones is 2. The molecule has 26 nitrogen and oxygen atoms in total. The Labute approximate surface area is 621 Å². The van der Waals surface area contributed by atoms with Gasteiger partial charge in [-0.2, -0.15) is 0 Å². The molecule has 570 valence electrons. The zero-order chi connectivity index (χ0) is 77.4. The van der Waals surface area contributed by atoms with Gasteiger partial charge in [0, 0.05) is 148 Å². The highest BCUT2D eigenvalue weighted by atomic mass is 32.1. The first-order chi connectivity index (χ1) is 50.1. The third-order valence-electron chi connectivity index (χ3n) is 21.3. The van der Waals surface area contributed by atoms with Gasteiger partial charge in [-0.15, -0.1) is 11.3 Å². The lowest BCUT2D eigenvalue weighted by Gasteiger charge is -2.43. The lowest BCUT2D eigenvalue weighted by Crippen LogP contribution is -2.53. The van der Waals surface area contributed by atoms with E-state index >= 15 is 4.79 Å². The molecule has 11 atom stereocenters. The summed E-state index contributed by atoms with van der Waals surface area (Å²) in [6.07, 6.45) is 9.89. The zero-order valence-electron chi connectivity index (χ0n) is 62.7. The molecule has 4 aromatic carbocycles. The van der Waals surface area contributed by atoms with Gasteiger partial charge in [0.25, 0.3) is 23.5 Å². The zero-order valence-corrected chi connectivity index (χ0v) is 63.6. The number of anilines is 3. The van der Waals surface area contributed by atoms with Crippen LogP contribution in [-0.2, 0) is 54.3 Å². The second kappa shape index (κ2) is 34.4. The number of ether oxygens (including phenoxy) is 4. The number of nitrogens with zero attached hydrogens (tertiary/aromatic N) is 4. The van der Waals surface area contributed by atoms with Gasteiger partial charge in [-0.05, 0) is 81.9 Å². The molecule has 106 heavy (non-hydrogen) atoms. The van der Waals surface area contributed by atoms with Crippen LogP contribution in [0.2, 0.25) is 0 Å². The van der Waals surface area contributed by atoms with E-state index in [-0.39, 0.29) is 123 Å². The number of phenolic OH excluding ortho intramolecular Hbond substituents is 1. The van der Waals surface area contributed by atoms with E-state index < -0.39 is 101 Å². The summed E-state index contributed by atoms with van der Waals surface area (Å²) in [4.78, 5) is 142. The minimum atomic E-state index is -2.07. The third-order valence-corrected chi connectivity index (χ3v) is 22.5. The molecule has 27 heteroatoms. The smallest absolute Gasteiger partial charge is 0.312 e. The number of primary amides is 1. The number of unbranched alkanes of at least 4 members (excludes halogenated alkanes) is 2. The van der Waals surface area contributed by atoms with Crippen molar-refractivity contribution in [3.63, 3.8) is 0 Å². The van der Waals surface area contributed by atoms with Crippen LogP contribution in [0.25, 0.3) is 31.2 Å². The molecule has 9 rings (SSSR count). The number of aromatic nitrogens is 1. The van der Waals surface area contributed by atoms with E-state index in [1.807, 2.05) is 56.3 Å². The molecule has 0 saturated carbocycles. The molecule has 7 amide bonds. The number of urea groups is 1. The number of hydrogen-bond acceptors (Lipinski definition) is 20. The predicted octanol–water partition coefficient (Wildman–Crippen LogP) is 9.30. The molecule has 0 radical (unpaired) electrons. The third kappa shape index (κ3) is 18.3. The topological polar surface area (TPSA) is 362 Å². The number of aliphatic hydroxyl groups excluding tert-OH is 2. The molecule has 9 N–H and O–H groups in total. The van der Waals surface area contributed by atoms with Crippen LogP contribution < -0.4 is 42.1 Å². The SMILES string of the molecule is CO[C@H]1/C=C/O[C@@]2(C)Oc3c(C)c(=O)c4c(O)c(c5sc6cc(N7CCC([N+](C)(C)Cc8ccc(NC(=O)[C@H](CCCNC(N)=O)CC(=O)[C@@H](NC(=O)CCCCCN9C(=O)C=CC9=O)C(C)C)cc8)CC7)ccc6nc5c4c3C2=O)NC(=O)/C(C)=C\C=C\[C@H](C)[C@H](O)[C@@H](C)[C@@H](O)[C@@H](C)[C@H](OC(C)=O)[C@@H]1C. The normalized spacial score (nSPS) is 24.4. The number of nitrogens with two attached hydrogens (primary N) is 1. The number of phenols is 1. The minimum absolute atomic E-state index is 0.00456. The van der Waals surface area contributed by atoms with Gasteiger partial charge < -0.3 is 70.7 Å². The fourth-order valence-electron chi connectivity index (χ4n) is 14.9. The Morgan fingerprint density at radius 1 is 0.887 bits per heavy atom. The maximum atomic E-state index is 15.1. The number of benzene rings is 4. The van der Waals surface area contributed by atoms with Crippen molar-refractivity contribution in [2.24, 2.45) is 41.2 Å². The lowest BCUT2D eigenvalue weighted by atomic mass is 9.78. The van der Waals surface area contributed by atoms with E-state index in [4.69, 9.17) is 29.7 Å². The summed E-state index contributed by atoms with van der Waals surface area (Å²) in [5.74, 6) is -10.1. The van der Waals surface area contributed by atoms with E-state index in [9.17, 15) is 58.5 Å². The van der Waals surface area contributed by atoms with Crippen molar-refractivity contribution in [2.45, 2.75) is 176 Å². The highest BCUT2D eigenvalue weighted by molar-refractivity contribution is 7.25. The van der Waals surface area contributed by atoms with E-state index in [1.165, 1.54) is 69.8 Å². The first-order valence-electron chi connectivity index (χ1n) is 36.4. The number of aromatic hydroxyl groups is 1. The van der Waals surface area contributed by atoms with Crippen LogP contribution >= 0.6 is 11.3 Å².